The lowest BCUT2D eigenvalue weighted by Crippen LogP contribution is -2.25. The number of unbranched alkanes of at least 4 members (excludes halogenated alkanes) is 3. The summed E-state index contributed by atoms with van der Waals surface area (Å²) in [7, 11) is 0. The second-order valence-corrected chi connectivity index (χ2v) is 4.71. The Morgan fingerprint density at radius 2 is 2.06 bits per heavy atom. The summed E-state index contributed by atoms with van der Waals surface area (Å²) in [5.41, 5.74) is 6.13. The molecule has 98 valence electrons. The highest BCUT2D eigenvalue weighted by molar-refractivity contribution is 4.88. The maximum Gasteiger partial charge on any atom is 0.138 e. The number of hydrogen-bond donors (Lipinski definition) is 1. The van der Waals surface area contributed by atoms with Crippen LogP contribution in [0.5, 0.6) is 0 Å². The summed E-state index contributed by atoms with van der Waals surface area (Å²) in [5.74, 6) is 1.04. The van der Waals surface area contributed by atoms with Gasteiger partial charge in [-0.15, -0.1) is 0 Å². The molecule has 0 aromatic carbocycles. The lowest BCUT2D eigenvalue weighted by Gasteiger charge is -2.11. The van der Waals surface area contributed by atoms with Crippen molar-refractivity contribution in [2.45, 2.75) is 71.4 Å². The Bertz CT molecular complexity index is 295. The smallest absolute Gasteiger partial charge is 0.138 e. The van der Waals surface area contributed by atoms with Crippen LogP contribution in [-0.2, 0) is 13.0 Å². The third kappa shape index (κ3) is 5.31. The lowest BCUT2D eigenvalue weighted by atomic mass is 10.1. The molecule has 0 saturated heterocycles. The number of nitrogens with two attached hydrogens (primary N) is 1. The average Bonchev–Trinajstić information content (AvgIpc) is 2.73. The summed E-state index contributed by atoms with van der Waals surface area (Å²) in [6.07, 6.45) is 9.80. The fourth-order valence-electron chi connectivity index (χ4n) is 2.01. The molecule has 1 aromatic rings. The quantitative estimate of drug-likeness (QED) is 0.673. The zero-order chi connectivity index (χ0) is 12.5. The fourth-order valence-corrected chi connectivity index (χ4v) is 2.01. The first-order valence-corrected chi connectivity index (χ1v) is 6.90. The predicted octanol–water partition coefficient (Wildman–Crippen LogP) is 2.53. The maximum atomic E-state index is 6.13. The van der Waals surface area contributed by atoms with E-state index in [1.165, 1.54) is 25.7 Å². The molecule has 0 fully saturated rings. The van der Waals surface area contributed by atoms with Crippen LogP contribution in [0.2, 0.25) is 0 Å². The molecule has 1 aromatic heterocycles. The predicted molar refractivity (Wildman–Crippen MR) is 70.8 cm³/mol. The number of hydrogen-bond acceptors (Lipinski definition) is 3. The summed E-state index contributed by atoms with van der Waals surface area (Å²) < 4.78 is 1.98. The zero-order valence-corrected chi connectivity index (χ0v) is 11.2. The molecule has 0 aliphatic carbocycles. The third-order valence-corrected chi connectivity index (χ3v) is 3.00. The van der Waals surface area contributed by atoms with Gasteiger partial charge in [0.2, 0.25) is 0 Å². The Morgan fingerprint density at radius 1 is 1.24 bits per heavy atom. The highest BCUT2D eigenvalue weighted by Crippen LogP contribution is 2.08. The molecule has 1 unspecified atom stereocenters. The first-order valence-electron chi connectivity index (χ1n) is 6.90. The van der Waals surface area contributed by atoms with Gasteiger partial charge in [0.05, 0.1) is 0 Å². The molecule has 0 aliphatic heterocycles. The Kier molecular flexibility index (Phi) is 6.86. The first kappa shape index (κ1) is 14.2. The van der Waals surface area contributed by atoms with Gasteiger partial charge in [0, 0.05) is 19.0 Å². The number of rotatable bonds is 9. The van der Waals surface area contributed by atoms with Crippen molar-refractivity contribution in [1.29, 1.82) is 0 Å². The van der Waals surface area contributed by atoms with Gasteiger partial charge in [-0.1, -0.05) is 39.5 Å². The van der Waals surface area contributed by atoms with E-state index in [-0.39, 0.29) is 6.04 Å². The van der Waals surface area contributed by atoms with E-state index in [1.54, 1.807) is 6.33 Å². The van der Waals surface area contributed by atoms with Gasteiger partial charge in [-0.3, -0.25) is 4.68 Å². The van der Waals surface area contributed by atoms with Crippen LogP contribution >= 0.6 is 0 Å². The van der Waals surface area contributed by atoms with Gasteiger partial charge in [-0.2, -0.15) is 5.10 Å². The molecular formula is C13H26N4. The van der Waals surface area contributed by atoms with E-state index < -0.39 is 0 Å². The Morgan fingerprint density at radius 3 is 2.76 bits per heavy atom. The Labute approximate surface area is 105 Å². The third-order valence-electron chi connectivity index (χ3n) is 3.00. The average molecular weight is 238 g/mol. The van der Waals surface area contributed by atoms with E-state index in [1.807, 2.05) is 4.68 Å². The highest BCUT2D eigenvalue weighted by atomic mass is 15.3. The van der Waals surface area contributed by atoms with E-state index in [9.17, 15) is 0 Å². The summed E-state index contributed by atoms with van der Waals surface area (Å²) in [5, 5.41) is 4.22. The van der Waals surface area contributed by atoms with Crippen molar-refractivity contribution in [2.75, 3.05) is 0 Å². The minimum atomic E-state index is 0.228. The van der Waals surface area contributed by atoms with E-state index in [0.29, 0.717) is 0 Å². The highest BCUT2D eigenvalue weighted by Gasteiger charge is 2.09. The minimum Gasteiger partial charge on any atom is -0.327 e. The molecule has 0 spiro atoms. The number of nitrogens with zero attached hydrogens (tertiary/aromatic N) is 3. The molecule has 1 heterocycles. The van der Waals surface area contributed by atoms with Crippen LogP contribution in [0.1, 0.15) is 58.2 Å². The van der Waals surface area contributed by atoms with Gasteiger partial charge in [-0.05, 0) is 12.8 Å². The van der Waals surface area contributed by atoms with Crippen LogP contribution in [0, 0.1) is 0 Å². The fraction of sp³-hybridized carbons (Fsp3) is 0.846. The van der Waals surface area contributed by atoms with Crippen LogP contribution in [-0.4, -0.2) is 20.8 Å². The molecule has 4 nitrogen and oxygen atoms in total. The molecule has 0 aliphatic rings. The maximum absolute atomic E-state index is 6.13. The summed E-state index contributed by atoms with van der Waals surface area (Å²) in [6.45, 7) is 5.32. The van der Waals surface area contributed by atoms with Gasteiger partial charge in [0.25, 0.3) is 0 Å². The number of aryl methyl sites for hydroxylation is 1. The zero-order valence-electron chi connectivity index (χ0n) is 11.2. The van der Waals surface area contributed by atoms with Gasteiger partial charge >= 0.3 is 0 Å². The van der Waals surface area contributed by atoms with Crippen LogP contribution in [0.4, 0.5) is 0 Å². The standard InChI is InChI=1S/C13H26N4/c1-3-5-6-7-8-12(14)10-13-15-11-16-17(13)9-4-2/h11-12H,3-10,14H2,1-2H3. The monoisotopic (exact) mass is 238 g/mol. The molecule has 17 heavy (non-hydrogen) atoms. The van der Waals surface area contributed by atoms with Crippen LogP contribution in [0.25, 0.3) is 0 Å². The second kappa shape index (κ2) is 8.23. The normalized spacial score (nSPS) is 12.9. The largest absolute Gasteiger partial charge is 0.327 e. The molecule has 2 N–H and O–H groups in total. The summed E-state index contributed by atoms with van der Waals surface area (Å²) >= 11 is 0. The Balaban J connectivity index is 2.29. The molecule has 0 amide bonds. The van der Waals surface area contributed by atoms with Crippen LogP contribution in [0.3, 0.4) is 0 Å². The Hall–Kier alpha value is -0.900. The van der Waals surface area contributed by atoms with Gasteiger partial charge in [0.1, 0.15) is 12.2 Å². The molecular weight excluding hydrogens is 212 g/mol. The molecule has 0 bridgehead atoms. The second-order valence-electron chi connectivity index (χ2n) is 4.71. The summed E-state index contributed by atoms with van der Waals surface area (Å²) in [6, 6.07) is 0.228. The summed E-state index contributed by atoms with van der Waals surface area (Å²) in [4.78, 5) is 4.29. The minimum absolute atomic E-state index is 0.228. The first-order chi connectivity index (χ1) is 8.27. The lowest BCUT2D eigenvalue weighted by molar-refractivity contribution is 0.505. The molecule has 1 rings (SSSR count). The van der Waals surface area contributed by atoms with Crippen molar-refractivity contribution in [3.8, 4) is 0 Å². The van der Waals surface area contributed by atoms with Crippen molar-refractivity contribution in [3.05, 3.63) is 12.2 Å². The van der Waals surface area contributed by atoms with Crippen molar-refractivity contribution in [2.24, 2.45) is 5.73 Å². The number of aromatic nitrogens is 3. The van der Waals surface area contributed by atoms with Crippen molar-refractivity contribution in [1.82, 2.24) is 14.8 Å². The molecule has 0 saturated carbocycles. The van der Waals surface area contributed by atoms with Crippen LogP contribution < -0.4 is 5.73 Å². The molecule has 0 radical (unpaired) electrons. The van der Waals surface area contributed by atoms with Crippen LogP contribution in [0.15, 0.2) is 6.33 Å². The van der Waals surface area contributed by atoms with Crippen molar-refractivity contribution < 1.29 is 0 Å². The van der Waals surface area contributed by atoms with Gasteiger partial charge < -0.3 is 5.73 Å². The van der Waals surface area contributed by atoms with E-state index in [2.05, 4.69) is 23.9 Å². The van der Waals surface area contributed by atoms with Gasteiger partial charge in [-0.25, -0.2) is 4.98 Å². The SMILES string of the molecule is CCCCCCC(N)Cc1ncnn1CCC. The topological polar surface area (TPSA) is 56.7 Å². The van der Waals surface area contributed by atoms with E-state index in [0.717, 1.165) is 31.6 Å². The molecule has 4 heteroatoms. The van der Waals surface area contributed by atoms with Gasteiger partial charge in [0.15, 0.2) is 0 Å². The molecule has 1 atom stereocenters. The van der Waals surface area contributed by atoms with E-state index >= 15 is 0 Å². The van der Waals surface area contributed by atoms with Crippen molar-refractivity contribution >= 4 is 0 Å². The van der Waals surface area contributed by atoms with Crippen molar-refractivity contribution in [3.63, 3.8) is 0 Å². The van der Waals surface area contributed by atoms with E-state index in [4.69, 9.17) is 5.73 Å².